The zero-order valence-corrected chi connectivity index (χ0v) is 16.5. The minimum absolute atomic E-state index is 0.240. The van der Waals surface area contributed by atoms with E-state index in [1.54, 1.807) is 13.8 Å². The van der Waals surface area contributed by atoms with Crippen molar-refractivity contribution in [3.8, 4) is 0 Å². The van der Waals surface area contributed by atoms with E-state index in [1.165, 1.54) is 0 Å². The summed E-state index contributed by atoms with van der Waals surface area (Å²) in [4.78, 5) is 27.2. The molecule has 2 amide bonds. The molecule has 1 rings (SSSR count). The van der Waals surface area contributed by atoms with Crippen LogP contribution >= 0.6 is 0 Å². The quantitative estimate of drug-likeness (QED) is 0.529. The summed E-state index contributed by atoms with van der Waals surface area (Å²) in [5.41, 5.74) is 1.75. The first kappa shape index (κ1) is 21.0. The molecule has 140 valence electrons. The molecule has 0 saturated carbocycles. The molecule has 0 aliphatic heterocycles. The van der Waals surface area contributed by atoms with Crippen LogP contribution in [-0.4, -0.2) is 31.4 Å². The first-order chi connectivity index (χ1) is 11.8. The number of hydrogen-bond acceptors (Lipinski definition) is 3. The zero-order valence-electron chi connectivity index (χ0n) is 16.5. The largest absolute Gasteiger partial charge is 0.372 e. The molecule has 0 fully saturated rings. The molecule has 25 heavy (non-hydrogen) atoms. The number of amides is 2. The van der Waals surface area contributed by atoms with E-state index in [9.17, 15) is 9.59 Å². The SMILES string of the molecule is CCCCNC(=O)C(C)(C)C(=O)Nc1ccc(N(CC)CC)cc1C. The number of nitrogens with zero attached hydrogens (tertiary/aromatic N) is 1. The number of benzene rings is 1. The number of aryl methyl sites for hydroxylation is 1. The van der Waals surface area contributed by atoms with E-state index in [1.807, 2.05) is 19.1 Å². The summed E-state index contributed by atoms with van der Waals surface area (Å²) in [6.45, 7) is 14.1. The number of carbonyl (C=O) groups is 2. The number of rotatable bonds is 9. The molecule has 0 aliphatic carbocycles. The van der Waals surface area contributed by atoms with Gasteiger partial charge in [-0.2, -0.15) is 0 Å². The molecule has 0 radical (unpaired) electrons. The number of anilines is 2. The lowest BCUT2D eigenvalue weighted by Crippen LogP contribution is -2.45. The average Bonchev–Trinajstić information content (AvgIpc) is 2.58. The number of nitrogens with one attached hydrogen (secondary N) is 2. The van der Waals surface area contributed by atoms with Crippen molar-refractivity contribution >= 4 is 23.2 Å². The van der Waals surface area contributed by atoms with Gasteiger partial charge in [0, 0.05) is 31.0 Å². The van der Waals surface area contributed by atoms with Crippen LogP contribution in [0.1, 0.15) is 53.0 Å². The smallest absolute Gasteiger partial charge is 0.239 e. The molecular weight excluding hydrogens is 314 g/mol. The van der Waals surface area contributed by atoms with Crippen molar-refractivity contribution in [2.24, 2.45) is 5.41 Å². The van der Waals surface area contributed by atoms with Crippen LogP contribution in [0.4, 0.5) is 11.4 Å². The second kappa shape index (κ2) is 9.44. The molecule has 0 heterocycles. The number of carbonyl (C=O) groups excluding carboxylic acids is 2. The minimum atomic E-state index is -1.11. The van der Waals surface area contributed by atoms with E-state index in [4.69, 9.17) is 0 Å². The second-order valence-corrected chi connectivity index (χ2v) is 6.86. The minimum Gasteiger partial charge on any atom is -0.372 e. The predicted octanol–water partition coefficient (Wildman–Crippen LogP) is 3.72. The first-order valence-corrected chi connectivity index (χ1v) is 9.23. The summed E-state index contributed by atoms with van der Waals surface area (Å²) in [6.07, 6.45) is 1.92. The average molecular weight is 348 g/mol. The van der Waals surface area contributed by atoms with E-state index >= 15 is 0 Å². The third-order valence-electron chi connectivity index (χ3n) is 4.54. The highest BCUT2D eigenvalue weighted by atomic mass is 16.2. The van der Waals surface area contributed by atoms with Crippen LogP contribution in [-0.2, 0) is 9.59 Å². The Balaban J connectivity index is 2.83. The monoisotopic (exact) mass is 347 g/mol. The van der Waals surface area contributed by atoms with Gasteiger partial charge in [0.05, 0.1) is 0 Å². The fourth-order valence-corrected chi connectivity index (χ4v) is 2.55. The molecule has 0 bridgehead atoms. The lowest BCUT2D eigenvalue weighted by atomic mass is 9.90. The zero-order chi connectivity index (χ0) is 19.0. The topological polar surface area (TPSA) is 61.4 Å². The summed E-state index contributed by atoms with van der Waals surface area (Å²) in [7, 11) is 0. The maximum atomic E-state index is 12.6. The highest BCUT2D eigenvalue weighted by molar-refractivity contribution is 6.10. The summed E-state index contributed by atoms with van der Waals surface area (Å²) in [5.74, 6) is -0.531. The van der Waals surface area contributed by atoms with E-state index in [2.05, 4.69) is 42.4 Å². The molecule has 0 unspecified atom stereocenters. The Kier molecular flexibility index (Phi) is 7.94. The fraction of sp³-hybridized carbons (Fsp3) is 0.600. The van der Waals surface area contributed by atoms with Crippen molar-refractivity contribution in [1.29, 1.82) is 0 Å². The Morgan fingerprint density at radius 1 is 1.08 bits per heavy atom. The third kappa shape index (κ3) is 5.48. The molecule has 5 heteroatoms. The predicted molar refractivity (Wildman–Crippen MR) is 105 cm³/mol. The van der Waals surface area contributed by atoms with Gasteiger partial charge in [0.1, 0.15) is 5.41 Å². The summed E-state index contributed by atoms with van der Waals surface area (Å²) in [6, 6.07) is 5.98. The molecular formula is C20H33N3O2. The van der Waals surface area contributed by atoms with Gasteiger partial charge >= 0.3 is 0 Å². The Labute approximate surface area is 152 Å². The Morgan fingerprint density at radius 2 is 1.72 bits per heavy atom. The van der Waals surface area contributed by atoms with Crippen LogP contribution in [0.25, 0.3) is 0 Å². The van der Waals surface area contributed by atoms with Gasteiger partial charge in [0.2, 0.25) is 11.8 Å². The van der Waals surface area contributed by atoms with E-state index < -0.39 is 5.41 Å². The molecule has 2 N–H and O–H groups in total. The van der Waals surface area contributed by atoms with Gasteiger partial charge in [0.25, 0.3) is 0 Å². The van der Waals surface area contributed by atoms with Crippen LogP contribution in [0.15, 0.2) is 18.2 Å². The molecule has 5 nitrogen and oxygen atoms in total. The van der Waals surface area contributed by atoms with E-state index in [-0.39, 0.29) is 11.8 Å². The second-order valence-electron chi connectivity index (χ2n) is 6.86. The lowest BCUT2D eigenvalue weighted by Gasteiger charge is -2.25. The van der Waals surface area contributed by atoms with Crippen LogP contribution in [0.2, 0.25) is 0 Å². The standard InChI is InChI=1S/C20H33N3O2/c1-7-10-13-21-18(24)20(5,6)19(25)22-17-12-11-16(14-15(17)4)23(8-2)9-3/h11-12,14H,7-10,13H2,1-6H3,(H,21,24)(H,22,25). The van der Waals surface area contributed by atoms with Gasteiger partial charge in [-0.15, -0.1) is 0 Å². The Morgan fingerprint density at radius 3 is 2.24 bits per heavy atom. The van der Waals surface area contributed by atoms with Crippen molar-refractivity contribution in [3.05, 3.63) is 23.8 Å². The third-order valence-corrected chi connectivity index (χ3v) is 4.54. The van der Waals surface area contributed by atoms with E-state index in [0.29, 0.717) is 6.54 Å². The van der Waals surface area contributed by atoms with Crippen LogP contribution in [0.5, 0.6) is 0 Å². The van der Waals surface area contributed by atoms with Crippen molar-refractivity contribution in [2.45, 2.75) is 54.4 Å². The molecule has 0 spiro atoms. The number of hydrogen-bond donors (Lipinski definition) is 2. The maximum absolute atomic E-state index is 12.6. The molecule has 0 aromatic heterocycles. The fourth-order valence-electron chi connectivity index (χ4n) is 2.55. The molecule has 1 aromatic rings. The molecule has 0 atom stereocenters. The summed E-state index contributed by atoms with van der Waals surface area (Å²) < 4.78 is 0. The van der Waals surface area contributed by atoms with Crippen molar-refractivity contribution in [1.82, 2.24) is 5.32 Å². The Bertz CT molecular complexity index is 593. The van der Waals surface area contributed by atoms with Crippen molar-refractivity contribution in [3.63, 3.8) is 0 Å². The van der Waals surface area contributed by atoms with Gasteiger partial charge in [-0.1, -0.05) is 13.3 Å². The van der Waals surface area contributed by atoms with Crippen molar-refractivity contribution in [2.75, 3.05) is 29.9 Å². The molecule has 0 aliphatic rings. The summed E-state index contributed by atoms with van der Waals surface area (Å²) in [5, 5.41) is 5.74. The van der Waals surface area contributed by atoms with Gasteiger partial charge in [-0.25, -0.2) is 0 Å². The maximum Gasteiger partial charge on any atom is 0.239 e. The highest BCUT2D eigenvalue weighted by Gasteiger charge is 2.36. The van der Waals surface area contributed by atoms with E-state index in [0.717, 1.165) is 42.9 Å². The van der Waals surface area contributed by atoms with Crippen LogP contribution in [0.3, 0.4) is 0 Å². The molecule has 0 saturated heterocycles. The normalized spacial score (nSPS) is 11.1. The lowest BCUT2D eigenvalue weighted by molar-refractivity contribution is -0.138. The van der Waals surface area contributed by atoms with Crippen molar-refractivity contribution < 1.29 is 9.59 Å². The first-order valence-electron chi connectivity index (χ1n) is 9.23. The van der Waals surface area contributed by atoms with Crippen LogP contribution < -0.4 is 15.5 Å². The van der Waals surface area contributed by atoms with Gasteiger partial charge < -0.3 is 15.5 Å². The number of unbranched alkanes of at least 4 members (excludes halogenated alkanes) is 1. The highest BCUT2D eigenvalue weighted by Crippen LogP contribution is 2.25. The van der Waals surface area contributed by atoms with Gasteiger partial charge in [0.15, 0.2) is 0 Å². The van der Waals surface area contributed by atoms with Gasteiger partial charge in [-0.3, -0.25) is 9.59 Å². The van der Waals surface area contributed by atoms with Crippen LogP contribution in [0, 0.1) is 12.3 Å². The molecule has 1 aromatic carbocycles. The van der Waals surface area contributed by atoms with Gasteiger partial charge in [-0.05, 0) is 64.8 Å². The Hall–Kier alpha value is -2.04. The summed E-state index contributed by atoms with van der Waals surface area (Å²) >= 11 is 0.